The van der Waals surface area contributed by atoms with Crippen LogP contribution in [0, 0.1) is 11.8 Å². The normalized spacial score (nSPS) is 22.3. The van der Waals surface area contributed by atoms with Crippen molar-refractivity contribution in [3.8, 4) is 5.75 Å². The molecule has 0 bridgehead atoms. The first-order chi connectivity index (χ1) is 10.7. The third-order valence-electron chi connectivity index (χ3n) is 4.57. The zero-order chi connectivity index (χ0) is 17.2. The molecule has 130 valence electrons. The summed E-state index contributed by atoms with van der Waals surface area (Å²) in [4.78, 5) is 0. The maximum Gasteiger partial charge on any atom is 0.123 e. The smallest absolute Gasteiger partial charge is 0.123 e. The lowest BCUT2D eigenvalue weighted by molar-refractivity contribution is 0.264. The van der Waals surface area contributed by atoms with Crippen molar-refractivity contribution >= 4 is 0 Å². The van der Waals surface area contributed by atoms with Crippen molar-refractivity contribution in [1.82, 2.24) is 0 Å². The first-order valence-corrected chi connectivity index (χ1v) is 9.14. The van der Waals surface area contributed by atoms with Gasteiger partial charge in [-0.1, -0.05) is 60.6 Å². The maximum atomic E-state index is 6.05. The summed E-state index contributed by atoms with van der Waals surface area (Å²) in [6.45, 7) is 16.4. The fourth-order valence-electron chi connectivity index (χ4n) is 3.15. The Morgan fingerprint density at radius 2 is 1.87 bits per heavy atom. The highest BCUT2D eigenvalue weighted by Gasteiger charge is 2.41. The number of rotatable bonds is 7. The second kappa shape index (κ2) is 7.25. The van der Waals surface area contributed by atoms with E-state index in [1.165, 1.54) is 11.1 Å². The second-order valence-corrected chi connectivity index (χ2v) is 8.51. The Morgan fingerprint density at radius 1 is 1.17 bits per heavy atom. The van der Waals surface area contributed by atoms with Gasteiger partial charge in [-0.2, -0.15) is 0 Å². The van der Waals surface area contributed by atoms with E-state index in [4.69, 9.17) is 9.47 Å². The average molecular weight is 319 g/mol. The molecule has 3 unspecified atom stereocenters. The fraction of sp³-hybridized carbons (Fsp3) is 0.714. The van der Waals surface area contributed by atoms with Crippen LogP contribution in [0.5, 0.6) is 5.75 Å². The van der Waals surface area contributed by atoms with Crippen molar-refractivity contribution in [2.24, 2.45) is 11.8 Å². The van der Waals surface area contributed by atoms with Crippen molar-refractivity contribution in [3.05, 3.63) is 29.3 Å². The summed E-state index contributed by atoms with van der Waals surface area (Å²) < 4.78 is 11.8. The summed E-state index contributed by atoms with van der Waals surface area (Å²) >= 11 is 0. The second-order valence-electron chi connectivity index (χ2n) is 8.51. The van der Waals surface area contributed by atoms with E-state index in [-0.39, 0.29) is 5.41 Å². The third-order valence-corrected chi connectivity index (χ3v) is 4.57. The first-order valence-electron chi connectivity index (χ1n) is 9.14. The van der Waals surface area contributed by atoms with Crippen LogP contribution in [0.2, 0.25) is 0 Å². The minimum absolute atomic E-state index is 0.0909. The lowest BCUT2D eigenvalue weighted by Crippen LogP contribution is -2.16. The van der Waals surface area contributed by atoms with Crippen LogP contribution >= 0.6 is 0 Å². The molecule has 0 radical (unpaired) electrons. The van der Waals surface area contributed by atoms with Crippen LogP contribution in [0.3, 0.4) is 0 Å². The molecule has 1 aromatic carbocycles. The SMILES string of the molecule is CCC1OC1C(C)Cc1ccc(OCC(C)C)c(C(C)(C)C)c1. The summed E-state index contributed by atoms with van der Waals surface area (Å²) in [7, 11) is 0. The van der Waals surface area contributed by atoms with Crippen LogP contribution in [0.25, 0.3) is 0 Å². The highest BCUT2D eigenvalue weighted by molar-refractivity contribution is 5.42. The molecule has 2 nitrogen and oxygen atoms in total. The highest BCUT2D eigenvalue weighted by atomic mass is 16.6. The molecule has 0 aromatic heterocycles. The monoisotopic (exact) mass is 318 g/mol. The molecule has 23 heavy (non-hydrogen) atoms. The van der Waals surface area contributed by atoms with Crippen molar-refractivity contribution in [2.45, 2.75) is 78.9 Å². The molecule has 2 rings (SSSR count). The topological polar surface area (TPSA) is 21.8 Å². The van der Waals surface area contributed by atoms with E-state index in [1.807, 2.05) is 0 Å². The van der Waals surface area contributed by atoms with Gasteiger partial charge in [-0.3, -0.25) is 0 Å². The van der Waals surface area contributed by atoms with Crippen LogP contribution < -0.4 is 4.74 Å². The van der Waals surface area contributed by atoms with E-state index in [9.17, 15) is 0 Å². The lowest BCUT2D eigenvalue weighted by Gasteiger charge is -2.24. The highest BCUT2D eigenvalue weighted by Crippen LogP contribution is 2.36. The predicted octanol–water partition coefficient (Wildman–Crippen LogP) is 5.37. The number of ether oxygens (including phenoxy) is 2. The Hall–Kier alpha value is -1.02. The molecule has 3 atom stereocenters. The Labute approximate surface area is 142 Å². The van der Waals surface area contributed by atoms with E-state index in [0.29, 0.717) is 24.0 Å². The molecular formula is C21H34O2. The minimum atomic E-state index is 0.0909. The van der Waals surface area contributed by atoms with Gasteiger partial charge < -0.3 is 9.47 Å². The molecule has 1 heterocycles. The number of hydrogen-bond donors (Lipinski definition) is 0. The molecule has 0 saturated carbocycles. The van der Waals surface area contributed by atoms with Crippen molar-refractivity contribution < 1.29 is 9.47 Å². The standard InChI is InChI=1S/C21H34O2/c1-8-18-20(23-18)15(4)11-16-9-10-19(22-13-14(2)3)17(12-16)21(5,6)7/h9-10,12,14-15,18,20H,8,11,13H2,1-7H3. The molecule has 2 heteroatoms. The summed E-state index contributed by atoms with van der Waals surface area (Å²) in [6.07, 6.45) is 3.15. The van der Waals surface area contributed by atoms with Gasteiger partial charge >= 0.3 is 0 Å². The quantitative estimate of drug-likeness (QED) is 0.630. The Kier molecular flexibility index (Phi) is 5.78. The van der Waals surface area contributed by atoms with Crippen molar-refractivity contribution in [1.29, 1.82) is 0 Å². The Bertz CT molecular complexity index is 513. The number of epoxide rings is 1. The lowest BCUT2D eigenvalue weighted by atomic mass is 9.84. The van der Waals surface area contributed by atoms with E-state index >= 15 is 0 Å². The molecule has 1 fully saturated rings. The molecule has 0 amide bonds. The van der Waals surface area contributed by atoms with E-state index < -0.39 is 0 Å². The maximum absolute atomic E-state index is 6.05. The molecule has 1 saturated heterocycles. The minimum Gasteiger partial charge on any atom is -0.493 e. The average Bonchev–Trinajstić information content (AvgIpc) is 3.24. The fourth-order valence-corrected chi connectivity index (χ4v) is 3.15. The van der Waals surface area contributed by atoms with Gasteiger partial charge in [-0.15, -0.1) is 0 Å². The van der Waals surface area contributed by atoms with Gasteiger partial charge in [-0.25, -0.2) is 0 Å². The number of hydrogen-bond acceptors (Lipinski definition) is 2. The summed E-state index contributed by atoms with van der Waals surface area (Å²) in [6, 6.07) is 6.73. The van der Waals surface area contributed by atoms with Crippen LogP contribution in [0.15, 0.2) is 18.2 Å². The molecule has 0 aliphatic carbocycles. The van der Waals surface area contributed by atoms with Crippen LogP contribution in [0.1, 0.15) is 66.0 Å². The van der Waals surface area contributed by atoms with Gasteiger partial charge in [0.15, 0.2) is 0 Å². The van der Waals surface area contributed by atoms with E-state index in [0.717, 1.165) is 25.2 Å². The third kappa shape index (κ3) is 4.97. The van der Waals surface area contributed by atoms with Crippen molar-refractivity contribution in [3.63, 3.8) is 0 Å². The van der Waals surface area contributed by atoms with Crippen LogP contribution in [-0.4, -0.2) is 18.8 Å². The van der Waals surface area contributed by atoms with E-state index in [1.54, 1.807) is 0 Å². The molecule has 0 N–H and O–H groups in total. The van der Waals surface area contributed by atoms with E-state index in [2.05, 4.69) is 66.7 Å². The Balaban J connectivity index is 2.12. The molecule has 1 aliphatic heterocycles. The van der Waals surface area contributed by atoms with Gasteiger partial charge in [0, 0.05) is 0 Å². The van der Waals surface area contributed by atoms with Crippen LogP contribution in [-0.2, 0) is 16.6 Å². The molecule has 0 spiro atoms. The van der Waals surface area contributed by atoms with Gasteiger partial charge in [0.2, 0.25) is 0 Å². The molecule has 1 aromatic rings. The van der Waals surface area contributed by atoms with Gasteiger partial charge in [0.25, 0.3) is 0 Å². The first kappa shape index (κ1) is 18.3. The predicted molar refractivity (Wildman–Crippen MR) is 97.3 cm³/mol. The zero-order valence-electron chi connectivity index (χ0n) is 16.0. The zero-order valence-corrected chi connectivity index (χ0v) is 16.0. The van der Waals surface area contributed by atoms with Gasteiger partial charge in [0.1, 0.15) is 5.75 Å². The largest absolute Gasteiger partial charge is 0.493 e. The van der Waals surface area contributed by atoms with Gasteiger partial charge in [0.05, 0.1) is 18.8 Å². The molecule has 1 aliphatic rings. The summed E-state index contributed by atoms with van der Waals surface area (Å²) in [5.74, 6) is 2.16. The number of benzene rings is 1. The summed E-state index contributed by atoms with van der Waals surface area (Å²) in [5.41, 5.74) is 2.80. The molecular weight excluding hydrogens is 284 g/mol. The van der Waals surface area contributed by atoms with Crippen molar-refractivity contribution in [2.75, 3.05) is 6.61 Å². The Morgan fingerprint density at radius 3 is 2.39 bits per heavy atom. The van der Waals surface area contributed by atoms with Gasteiger partial charge in [-0.05, 0) is 47.3 Å². The van der Waals surface area contributed by atoms with Crippen LogP contribution in [0.4, 0.5) is 0 Å². The summed E-state index contributed by atoms with van der Waals surface area (Å²) in [5, 5.41) is 0.